The molecule has 7 heteroatoms. The number of rotatable bonds is 5. The largest absolute Gasteiger partial charge is 0.493 e. The highest BCUT2D eigenvalue weighted by atomic mass is 16.5. The van der Waals surface area contributed by atoms with Crippen molar-refractivity contribution < 1.29 is 14.0 Å². The molecule has 0 aliphatic carbocycles. The number of benzene rings is 2. The van der Waals surface area contributed by atoms with Gasteiger partial charge in [0.1, 0.15) is 0 Å². The summed E-state index contributed by atoms with van der Waals surface area (Å²) in [5.74, 6) is 2.19. The van der Waals surface area contributed by atoms with Crippen molar-refractivity contribution in [1.29, 1.82) is 0 Å². The zero-order valence-corrected chi connectivity index (χ0v) is 14.7. The minimum Gasteiger partial charge on any atom is -0.493 e. The van der Waals surface area contributed by atoms with Crippen LogP contribution in [0.4, 0.5) is 0 Å². The Labute approximate surface area is 150 Å². The van der Waals surface area contributed by atoms with Gasteiger partial charge in [-0.2, -0.15) is 4.98 Å². The fourth-order valence-corrected chi connectivity index (χ4v) is 2.74. The van der Waals surface area contributed by atoms with Crippen LogP contribution in [0, 0.1) is 0 Å². The molecule has 26 heavy (non-hydrogen) atoms. The Balaban J connectivity index is 1.59. The molecule has 2 aromatic carbocycles. The zero-order chi connectivity index (χ0) is 18.1. The highest BCUT2D eigenvalue weighted by Gasteiger charge is 2.18. The standard InChI is InChI=1S/C19H18N4O3/c1-12(25-17-7-5-4-6-16(17)24-3)19-21-18(22-26-19)13-8-9-14-15(10-13)23(2)11-20-14/h4-12H,1-3H3/t12-/m0/s1. The first-order valence-electron chi connectivity index (χ1n) is 8.20. The van der Waals surface area contributed by atoms with E-state index in [2.05, 4.69) is 15.1 Å². The van der Waals surface area contributed by atoms with Crippen molar-refractivity contribution in [2.24, 2.45) is 7.05 Å². The monoisotopic (exact) mass is 350 g/mol. The maximum atomic E-state index is 5.91. The summed E-state index contributed by atoms with van der Waals surface area (Å²) in [5.41, 5.74) is 2.79. The lowest BCUT2D eigenvalue weighted by atomic mass is 10.2. The van der Waals surface area contributed by atoms with Crippen LogP contribution >= 0.6 is 0 Å². The molecular weight excluding hydrogens is 332 g/mol. The third-order valence-electron chi connectivity index (χ3n) is 4.15. The van der Waals surface area contributed by atoms with E-state index in [1.54, 1.807) is 13.4 Å². The van der Waals surface area contributed by atoms with Gasteiger partial charge in [0, 0.05) is 12.6 Å². The van der Waals surface area contributed by atoms with Crippen LogP contribution < -0.4 is 9.47 Å². The molecule has 4 aromatic rings. The number of aromatic nitrogens is 4. The van der Waals surface area contributed by atoms with Gasteiger partial charge in [-0.15, -0.1) is 0 Å². The number of hydrogen-bond acceptors (Lipinski definition) is 6. The predicted octanol–water partition coefficient (Wildman–Crippen LogP) is 3.77. The maximum Gasteiger partial charge on any atom is 0.267 e. The molecule has 0 aliphatic rings. The van der Waals surface area contributed by atoms with E-state index in [0.29, 0.717) is 23.2 Å². The van der Waals surface area contributed by atoms with Crippen LogP contribution in [0.15, 0.2) is 53.3 Å². The third kappa shape index (κ3) is 2.88. The van der Waals surface area contributed by atoms with Gasteiger partial charge in [-0.25, -0.2) is 4.98 Å². The number of methoxy groups -OCH3 is 1. The lowest BCUT2D eigenvalue weighted by Gasteiger charge is -2.13. The minimum atomic E-state index is -0.409. The zero-order valence-electron chi connectivity index (χ0n) is 14.7. The molecule has 4 rings (SSSR count). The Hall–Kier alpha value is -3.35. The molecule has 0 radical (unpaired) electrons. The summed E-state index contributed by atoms with van der Waals surface area (Å²) in [5, 5.41) is 4.09. The number of imidazole rings is 1. The highest BCUT2D eigenvalue weighted by molar-refractivity contribution is 5.80. The molecular formula is C19H18N4O3. The van der Waals surface area contributed by atoms with E-state index in [1.807, 2.05) is 61.0 Å². The summed E-state index contributed by atoms with van der Waals surface area (Å²) < 4.78 is 18.6. The minimum absolute atomic E-state index is 0.399. The van der Waals surface area contributed by atoms with E-state index < -0.39 is 6.10 Å². The Bertz CT molecular complexity index is 1050. The molecule has 0 fully saturated rings. The molecule has 0 N–H and O–H groups in total. The summed E-state index contributed by atoms with van der Waals surface area (Å²) in [6.07, 6.45) is 1.37. The van der Waals surface area contributed by atoms with Crippen LogP contribution in [0.3, 0.4) is 0 Å². The lowest BCUT2D eigenvalue weighted by molar-refractivity contribution is 0.169. The first-order chi connectivity index (χ1) is 12.7. The summed E-state index contributed by atoms with van der Waals surface area (Å²) >= 11 is 0. The van der Waals surface area contributed by atoms with Gasteiger partial charge in [0.2, 0.25) is 5.82 Å². The molecule has 0 spiro atoms. The summed E-state index contributed by atoms with van der Waals surface area (Å²) in [6, 6.07) is 13.3. The second kappa shape index (κ2) is 6.51. The molecule has 0 saturated heterocycles. The van der Waals surface area contributed by atoms with Crippen molar-refractivity contribution in [3.05, 3.63) is 54.7 Å². The number of ether oxygens (including phenoxy) is 2. The van der Waals surface area contributed by atoms with Crippen LogP contribution in [0.2, 0.25) is 0 Å². The van der Waals surface area contributed by atoms with Gasteiger partial charge in [0.25, 0.3) is 5.89 Å². The molecule has 0 aliphatic heterocycles. The first-order valence-corrected chi connectivity index (χ1v) is 8.20. The summed E-state index contributed by atoms with van der Waals surface area (Å²) in [6.45, 7) is 1.86. The Morgan fingerprint density at radius 3 is 2.73 bits per heavy atom. The Kier molecular flexibility index (Phi) is 4.04. The summed E-state index contributed by atoms with van der Waals surface area (Å²) in [4.78, 5) is 8.80. The molecule has 2 heterocycles. The number of aryl methyl sites for hydroxylation is 1. The van der Waals surface area contributed by atoms with Crippen molar-refractivity contribution in [3.8, 4) is 22.9 Å². The van der Waals surface area contributed by atoms with E-state index in [9.17, 15) is 0 Å². The van der Waals surface area contributed by atoms with Gasteiger partial charge in [-0.3, -0.25) is 0 Å². The molecule has 0 saturated carbocycles. The van der Waals surface area contributed by atoms with Crippen molar-refractivity contribution >= 4 is 11.0 Å². The molecule has 132 valence electrons. The predicted molar refractivity (Wildman–Crippen MR) is 96.0 cm³/mol. The highest BCUT2D eigenvalue weighted by Crippen LogP contribution is 2.31. The number of nitrogens with zero attached hydrogens (tertiary/aromatic N) is 4. The summed E-state index contributed by atoms with van der Waals surface area (Å²) in [7, 11) is 3.55. The third-order valence-corrected chi connectivity index (χ3v) is 4.15. The van der Waals surface area contributed by atoms with E-state index in [1.165, 1.54) is 0 Å². The van der Waals surface area contributed by atoms with Crippen molar-refractivity contribution in [1.82, 2.24) is 19.7 Å². The molecule has 7 nitrogen and oxygen atoms in total. The van der Waals surface area contributed by atoms with Gasteiger partial charge in [-0.05, 0) is 37.3 Å². The molecule has 0 bridgehead atoms. The lowest BCUT2D eigenvalue weighted by Crippen LogP contribution is -2.04. The quantitative estimate of drug-likeness (QED) is 0.545. The van der Waals surface area contributed by atoms with Crippen molar-refractivity contribution in [2.45, 2.75) is 13.0 Å². The molecule has 1 atom stereocenters. The topological polar surface area (TPSA) is 75.2 Å². The van der Waals surface area contributed by atoms with Crippen LogP contribution in [0.5, 0.6) is 11.5 Å². The van der Waals surface area contributed by atoms with E-state index >= 15 is 0 Å². The molecule has 2 aromatic heterocycles. The van der Waals surface area contributed by atoms with Crippen LogP contribution in [-0.4, -0.2) is 26.8 Å². The van der Waals surface area contributed by atoms with E-state index in [0.717, 1.165) is 16.6 Å². The maximum absolute atomic E-state index is 5.91. The van der Waals surface area contributed by atoms with Crippen LogP contribution in [-0.2, 0) is 7.05 Å². The number of hydrogen-bond donors (Lipinski definition) is 0. The number of fused-ring (bicyclic) bond motifs is 1. The molecule has 0 amide bonds. The van der Waals surface area contributed by atoms with Gasteiger partial charge in [0.15, 0.2) is 17.6 Å². The van der Waals surface area contributed by atoms with Crippen molar-refractivity contribution in [2.75, 3.05) is 7.11 Å². The normalized spacial score (nSPS) is 12.3. The first kappa shape index (κ1) is 16.1. The van der Waals surface area contributed by atoms with Crippen LogP contribution in [0.25, 0.3) is 22.4 Å². The second-order valence-corrected chi connectivity index (χ2v) is 5.93. The van der Waals surface area contributed by atoms with E-state index in [4.69, 9.17) is 14.0 Å². The fraction of sp³-hybridized carbons (Fsp3) is 0.211. The van der Waals surface area contributed by atoms with Crippen LogP contribution in [0.1, 0.15) is 18.9 Å². The van der Waals surface area contributed by atoms with Gasteiger partial charge < -0.3 is 18.6 Å². The van der Waals surface area contributed by atoms with Gasteiger partial charge in [0.05, 0.1) is 24.5 Å². The average molecular weight is 350 g/mol. The molecule has 0 unspecified atom stereocenters. The SMILES string of the molecule is COc1ccccc1O[C@@H](C)c1nc(-c2ccc3ncn(C)c3c2)no1. The van der Waals surface area contributed by atoms with Crippen molar-refractivity contribution in [3.63, 3.8) is 0 Å². The Morgan fingerprint density at radius 1 is 1.12 bits per heavy atom. The van der Waals surface area contributed by atoms with E-state index in [-0.39, 0.29) is 0 Å². The van der Waals surface area contributed by atoms with Gasteiger partial charge >= 0.3 is 0 Å². The smallest absolute Gasteiger partial charge is 0.267 e. The average Bonchev–Trinajstić information content (AvgIpc) is 3.29. The van der Waals surface area contributed by atoms with Gasteiger partial charge in [-0.1, -0.05) is 17.3 Å². The fourth-order valence-electron chi connectivity index (χ4n) is 2.74. The number of para-hydroxylation sites is 2. The Morgan fingerprint density at radius 2 is 1.92 bits per heavy atom. The second-order valence-electron chi connectivity index (χ2n) is 5.93.